The van der Waals surface area contributed by atoms with E-state index in [1.807, 2.05) is 0 Å². The van der Waals surface area contributed by atoms with Crippen molar-refractivity contribution in [1.29, 1.82) is 0 Å². The van der Waals surface area contributed by atoms with E-state index in [0.29, 0.717) is 18.2 Å². The second kappa shape index (κ2) is 8.89. The van der Waals surface area contributed by atoms with Crippen LogP contribution in [0.15, 0.2) is 0 Å². The zero-order valence-electron chi connectivity index (χ0n) is 12.7. The minimum absolute atomic E-state index is 0.503. The first-order valence-electron chi connectivity index (χ1n) is 7.79. The van der Waals surface area contributed by atoms with Crippen LogP contribution in [0.2, 0.25) is 0 Å². The van der Waals surface area contributed by atoms with Crippen LogP contribution in [0.4, 0.5) is 0 Å². The Labute approximate surface area is 113 Å². The molecule has 1 aliphatic heterocycles. The van der Waals surface area contributed by atoms with Gasteiger partial charge in [0.25, 0.3) is 0 Å². The molecule has 0 spiro atoms. The molecule has 1 saturated heterocycles. The summed E-state index contributed by atoms with van der Waals surface area (Å²) in [4.78, 5) is 2.67. The van der Waals surface area contributed by atoms with Crippen molar-refractivity contribution in [3.05, 3.63) is 0 Å². The molecule has 1 fully saturated rings. The molecular formula is C15H32N2O. The quantitative estimate of drug-likeness (QED) is 0.722. The lowest BCUT2D eigenvalue weighted by atomic mass is 9.96. The third-order valence-electron chi connectivity index (χ3n) is 4.20. The minimum atomic E-state index is 0.503. The summed E-state index contributed by atoms with van der Waals surface area (Å²) < 4.78 is 5.74. The molecule has 2 unspecified atom stereocenters. The highest BCUT2D eigenvalue weighted by atomic mass is 16.5. The van der Waals surface area contributed by atoms with Gasteiger partial charge in [-0.3, -0.25) is 4.90 Å². The first kappa shape index (κ1) is 15.9. The number of hydrogen-bond acceptors (Lipinski definition) is 3. The Bertz CT molecular complexity index is 203. The molecule has 3 nitrogen and oxygen atoms in total. The van der Waals surface area contributed by atoms with E-state index in [1.54, 1.807) is 0 Å². The molecule has 0 radical (unpaired) electrons. The molecule has 0 amide bonds. The Hall–Kier alpha value is -0.120. The maximum atomic E-state index is 5.74. The molecular weight excluding hydrogens is 224 g/mol. The van der Waals surface area contributed by atoms with Crippen LogP contribution in [0.25, 0.3) is 0 Å². The third kappa shape index (κ3) is 4.52. The van der Waals surface area contributed by atoms with Gasteiger partial charge in [0.1, 0.15) is 0 Å². The van der Waals surface area contributed by atoms with E-state index in [-0.39, 0.29) is 0 Å². The van der Waals surface area contributed by atoms with E-state index in [1.165, 1.54) is 45.2 Å². The van der Waals surface area contributed by atoms with Crippen LogP contribution >= 0.6 is 0 Å². The molecule has 108 valence electrons. The Kier molecular flexibility index (Phi) is 7.87. The van der Waals surface area contributed by atoms with Crippen molar-refractivity contribution >= 4 is 0 Å². The first-order valence-corrected chi connectivity index (χ1v) is 7.79. The fraction of sp³-hybridized carbons (Fsp3) is 1.00. The smallest absolute Gasteiger partial charge is 0.0599 e. The zero-order chi connectivity index (χ0) is 13.4. The molecule has 18 heavy (non-hydrogen) atoms. The summed E-state index contributed by atoms with van der Waals surface area (Å²) in [7, 11) is 2.11. The number of nitrogens with one attached hydrogen (secondary N) is 1. The van der Waals surface area contributed by atoms with Crippen LogP contribution in [-0.2, 0) is 4.74 Å². The van der Waals surface area contributed by atoms with Gasteiger partial charge in [-0.25, -0.2) is 0 Å². The van der Waals surface area contributed by atoms with E-state index in [2.05, 4.69) is 38.0 Å². The highest BCUT2D eigenvalue weighted by Gasteiger charge is 2.28. The standard InChI is InChI=1S/C15H32N2O/c1-5-8-14(16-4)15(6-2)17-11-9-13(10-12-17)18-7-3/h13-16H,5-12H2,1-4H3. The molecule has 1 N–H and O–H groups in total. The molecule has 3 heteroatoms. The van der Waals surface area contributed by atoms with Gasteiger partial charge in [-0.05, 0) is 39.7 Å². The number of likely N-dealkylation sites (N-methyl/N-ethyl adjacent to an activating group) is 1. The van der Waals surface area contributed by atoms with E-state index in [9.17, 15) is 0 Å². The van der Waals surface area contributed by atoms with Gasteiger partial charge in [-0.15, -0.1) is 0 Å². The van der Waals surface area contributed by atoms with Crippen LogP contribution in [0.1, 0.15) is 52.9 Å². The molecule has 0 bridgehead atoms. The predicted octanol–water partition coefficient (Wildman–Crippen LogP) is 2.65. The number of likely N-dealkylation sites (tertiary alicyclic amines) is 1. The Morgan fingerprint density at radius 2 is 1.89 bits per heavy atom. The Balaban J connectivity index is 2.46. The van der Waals surface area contributed by atoms with Gasteiger partial charge in [0, 0.05) is 31.8 Å². The zero-order valence-corrected chi connectivity index (χ0v) is 12.7. The first-order chi connectivity index (χ1) is 8.76. The van der Waals surface area contributed by atoms with Crippen molar-refractivity contribution in [3.8, 4) is 0 Å². The molecule has 1 rings (SSSR count). The van der Waals surface area contributed by atoms with E-state index < -0.39 is 0 Å². The molecule has 1 aliphatic rings. The minimum Gasteiger partial charge on any atom is -0.378 e. The van der Waals surface area contributed by atoms with Crippen LogP contribution in [0, 0.1) is 0 Å². The van der Waals surface area contributed by atoms with Gasteiger partial charge in [0.2, 0.25) is 0 Å². The van der Waals surface area contributed by atoms with Crippen molar-refractivity contribution < 1.29 is 4.74 Å². The molecule has 1 heterocycles. The lowest BCUT2D eigenvalue weighted by molar-refractivity contribution is -0.00140. The molecule has 0 aromatic rings. The average Bonchev–Trinajstić information content (AvgIpc) is 2.40. The van der Waals surface area contributed by atoms with Crippen molar-refractivity contribution in [2.75, 3.05) is 26.7 Å². The SMILES string of the molecule is CCCC(NC)C(CC)N1CCC(OCC)CC1. The van der Waals surface area contributed by atoms with Gasteiger partial charge in [0.15, 0.2) is 0 Å². The van der Waals surface area contributed by atoms with Gasteiger partial charge in [-0.1, -0.05) is 20.3 Å². The van der Waals surface area contributed by atoms with Gasteiger partial charge in [-0.2, -0.15) is 0 Å². The van der Waals surface area contributed by atoms with Gasteiger partial charge < -0.3 is 10.1 Å². The fourth-order valence-electron chi connectivity index (χ4n) is 3.25. The summed E-state index contributed by atoms with van der Waals surface area (Å²) in [5, 5.41) is 3.51. The highest BCUT2D eigenvalue weighted by molar-refractivity contribution is 4.86. The predicted molar refractivity (Wildman–Crippen MR) is 78.1 cm³/mol. The summed E-state index contributed by atoms with van der Waals surface area (Å²) in [5.74, 6) is 0. The molecule has 0 saturated carbocycles. The Morgan fingerprint density at radius 3 is 2.33 bits per heavy atom. The normalized spacial score (nSPS) is 22.0. The summed E-state index contributed by atoms with van der Waals surface area (Å²) in [6.45, 7) is 9.95. The largest absolute Gasteiger partial charge is 0.378 e. The number of nitrogens with zero attached hydrogens (tertiary/aromatic N) is 1. The number of hydrogen-bond donors (Lipinski definition) is 1. The lowest BCUT2D eigenvalue weighted by Gasteiger charge is -2.40. The second-order valence-electron chi connectivity index (χ2n) is 5.35. The van der Waals surface area contributed by atoms with Crippen molar-refractivity contribution in [2.24, 2.45) is 0 Å². The monoisotopic (exact) mass is 256 g/mol. The summed E-state index contributed by atoms with van der Waals surface area (Å²) in [5.41, 5.74) is 0. The van der Waals surface area contributed by atoms with E-state index in [0.717, 1.165) is 6.61 Å². The van der Waals surface area contributed by atoms with Crippen LogP contribution in [0.3, 0.4) is 0 Å². The van der Waals surface area contributed by atoms with Crippen LogP contribution in [0.5, 0.6) is 0 Å². The Morgan fingerprint density at radius 1 is 1.22 bits per heavy atom. The molecule has 0 aliphatic carbocycles. The van der Waals surface area contributed by atoms with E-state index in [4.69, 9.17) is 4.74 Å². The van der Waals surface area contributed by atoms with E-state index >= 15 is 0 Å². The number of ether oxygens (including phenoxy) is 1. The summed E-state index contributed by atoms with van der Waals surface area (Å²) >= 11 is 0. The van der Waals surface area contributed by atoms with Crippen molar-refractivity contribution in [3.63, 3.8) is 0 Å². The number of piperidine rings is 1. The van der Waals surface area contributed by atoms with Crippen LogP contribution in [-0.4, -0.2) is 49.8 Å². The van der Waals surface area contributed by atoms with Crippen molar-refractivity contribution in [2.45, 2.75) is 71.1 Å². The van der Waals surface area contributed by atoms with Crippen molar-refractivity contribution in [1.82, 2.24) is 10.2 Å². The van der Waals surface area contributed by atoms with Gasteiger partial charge >= 0.3 is 0 Å². The van der Waals surface area contributed by atoms with Crippen LogP contribution < -0.4 is 5.32 Å². The maximum absolute atomic E-state index is 5.74. The molecule has 0 aromatic carbocycles. The molecule has 2 atom stereocenters. The average molecular weight is 256 g/mol. The van der Waals surface area contributed by atoms with Gasteiger partial charge in [0.05, 0.1) is 6.10 Å². The second-order valence-corrected chi connectivity index (χ2v) is 5.35. The molecule has 0 aromatic heterocycles. The third-order valence-corrected chi connectivity index (χ3v) is 4.20. The topological polar surface area (TPSA) is 24.5 Å². The summed E-state index contributed by atoms with van der Waals surface area (Å²) in [6, 6.07) is 1.33. The fourth-order valence-corrected chi connectivity index (χ4v) is 3.25. The lowest BCUT2D eigenvalue weighted by Crippen LogP contribution is -2.52. The number of rotatable bonds is 8. The summed E-state index contributed by atoms with van der Waals surface area (Å²) in [6.07, 6.45) is 6.69. The maximum Gasteiger partial charge on any atom is 0.0599 e. The highest BCUT2D eigenvalue weighted by Crippen LogP contribution is 2.20.